The Bertz CT molecular complexity index is 2620. The lowest BCUT2D eigenvalue weighted by Gasteiger charge is -2.04. The number of aryl methyl sites for hydroxylation is 3. The van der Waals surface area contributed by atoms with Crippen molar-refractivity contribution < 1.29 is 13.7 Å². The molecule has 3 aromatic carbocycles. The minimum atomic E-state index is 0.550. The molecule has 6 bridgehead atoms. The van der Waals surface area contributed by atoms with Crippen LogP contribution in [0.5, 0.6) is 0 Å². The van der Waals surface area contributed by atoms with E-state index in [2.05, 4.69) is 127 Å². The van der Waals surface area contributed by atoms with Crippen molar-refractivity contribution in [1.29, 1.82) is 0 Å². The Balaban J connectivity index is 1.10. The van der Waals surface area contributed by atoms with Crippen molar-refractivity contribution in [1.82, 2.24) is 0 Å². The summed E-state index contributed by atoms with van der Waals surface area (Å²) in [5.74, 6) is 3.31. The summed E-state index contributed by atoms with van der Waals surface area (Å²) in [6, 6.07) is 31.4. The highest BCUT2D eigenvalue weighted by Crippen LogP contribution is 2.31. The molecular weight excluding hydrogens is 703 g/mol. The average molecular weight is 739 g/mol. The number of nitrogens with zero attached hydrogens (tertiary/aromatic N) is 9. The van der Waals surface area contributed by atoms with E-state index >= 15 is 0 Å². The zero-order chi connectivity index (χ0) is 38.5. The van der Waals surface area contributed by atoms with Gasteiger partial charge in [-0.2, -0.15) is 0 Å². The van der Waals surface area contributed by atoms with Gasteiger partial charge < -0.3 is 0 Å². The molecule has 0 unspecified atom stereocenters. The lowest BCUT2D eigenvalue weighted by molar-refractivity contribution is -0.671. The van der Waals surface area contributed by atoms with Crippen molar-refractivity contribution in [2.24, 2.45) is 51.1 Å². The van der Waals surface area contributed by atoms with Crippen LogP contribution >= 0.6 is 0 Å². The highest BCUT2D eigenvalue weighted by atomic mass is 15.1. The van der Waals surface area contributed by atoms with Crippen LogP contribution in [0.3, 0.4) is 0 Å². The minimum absolute atomic E-state index is 0.550. The van der Waals surface area contributed by atoms with E-state index in [9.17, 15) is 0 Å². The molecule has 7 heterocycles. The fourth-order valence-corrected chi connectivity index (χ4v) is 7.06. The van der Waals surface area contributed by atoms with Gasteiger partial charge in [-0.15, -0.1) is 0 Å². The molecule has 0 atom stereocenters. The fourth-order valence-electron chi connectivity index (χ4n) is 7.06. The smallest absolute Gasteiger partial charge is 0.169 e. The number of fused-ring (bicyclic) bond motifs is 12. The average Bonchev–Trinajstić information content (AvgIpc) is 3.87. The number of pyridine rings is 3. The molecule has 0 saturated heterocycles. The number of amidine groups is 6. The lowest BCUT2D eigenvalue weighted by atomic mass is 10.0. The van der Waals surface area contributed by atoms with Crippen LogP contribution in [0, 0.1) is 0 Å². The summed E-state index contributed by atoms with van der Waals surface area (Å²) in [6.07, 6.45) is 24.9. The normalized spacial score (nSPS) is 15.0. The Morgan fingerprint density at radius 2 is 0.509 bits per heavy atom. The molecule has 57 heavy (non-hydrogen) atoms. The third-order valence-electron chi connectivity index (χ3n) is 10.3. The molecule has 3 aromatic heterocycles. The fraction of sp³-hybridized carbons (Fsp3) is 0.0625. The Hall–Kier alpha value is -7.65. The quantitative estimate of drug-likeness (QED) is 0.173. The first-order valence-corrected chi connectivity index (χ1v) is 18.8. The first kappa shape index (κ1) is 33.9. The molecule has 0 aliphatic carbocycles. The van der Waals surface area contributed by atoms with Gasteiger partial charge in [-0.05, 0) is 69.8 Å². The Morgan fingerprint density at radius 3 is 0.772 bits per heavy atom. The topological polar surface area (TPSA) is 85.8 Å². The molecule has 0 radical (unpaired) electrons. The Kier molecular flexibility index (Phi) is 8.26. The van der Waals surface area contributed by atoms with Crippen LogP contribution in [0.15, 0.2) is 158 Å². The summed E-state index contributed by atoms with van der Waals surface area (Å²) in [6.45, 7) is 0. The minimum Gasteiger partial charge on any atom is -0.208 e. The molecule has 4 aliphatic rings. The summed E-state index contributed by atoms with van der Waals surface area (Å²) in [5.41, 5.74) is 11.7. The largest absolute Gasteiger partial charge is 0.208 e. The third-order valence-corrected chi connectivity index (χ3v) is 10.3. The van der Waals surface area contributed by atoms with E-state index in [-0.39, 0.29) is 0 Å². The van der Waals surface area contributed by atoms with Crippen molar-refractivity contribution >= 4 is 71.5 Å². The molecule has 270 valence electrons. The van der Waals surface area contributed by atoms with Crippen LogP contribution in [0.4, 0.5) is 0 Å². The summed E-state index contributed by atoms with van der Waals surface area (Å²) in [7, 11) is 6.04. The number of hydrogen-bond acceptors (Lipinski definition) is 6. The van der Waals surface area contributed by atoms with Crippen LogP contribution in [0.1, 0.15) is 66.8 Å². The molecule has 9 nitrogen and oxygen atoms in total. The number of rotatable bonds is 6. The molecule has 0 spiro atoms. The molecule has 4 aliphatic heterocycles. The van der Waals surface area contributed by atoms with Gasteiger partial charge in [0.1, 0.15) is 21.1 Å². The van der Waals surface area contributed by atoms with Crippen molar-refractivity contribution in [3.05, 3.63) is 195 Å². The van der Waals surface area contributed by atoms with Crippen LogP contribution in [-0.4, -0.2) is 35.0 Å². The molecule has 6 aromatic rings. The van der Waals surface area contributed by atoms with E-state index in [1.165, 1.54) is 0 Å². The van der Waals surface area contributed by atoms with Gasteiger partial charge in [0.05, 0.1) is 0 Å². The zero-order valence-corrected chi connectivity index (χ0v) is 31.6. The number of benzene rings is 3. The van der Waals surface area contributed by atoms with Crippen LogP contribution in [-0.2, 0) is 21.1 Å². The van der Waals surface area contributed by atoms with Crippen LogP contribution < -0.4 is 13.7 Å². The summed E-state index contributed by atoms with van der Waals surface area (Å²) < 4.78 is 6.06. The van der Waals surface area contributed by atoms with Gasteiger partial charge >= 0.3 is 0 Å². The van der Waals surface area contributed by atoms with Crippen molar-refractivity contribution in [2.45, 2.75) is 0 Å². The first-order chi connectivity index (χ1) is 27.9. The Labute approximate surface area is 330 Å². The maximum Gasteiger partial charge on any atom is 0.169 e. The third kappa shape index (κ3) is 6.72. The summed E-state index contributed by atoms with van der Waals surface area (Å²) in [4.78, 5) is 30.6. The lowest BCUT2D eigenvalue weighted by Crippen LogP contribution is -2.25. The highest BCUT2D eigenvalue weighted by Gasteiger charge is 2.31. The van der Waals surface area contributed by atoms with E-state index in [1.807, 2.05) is 72.0 Å². The van der Waals surface area contributed by atoms with Gasteiger partial charge in [0.25, 0.3) is 0 Å². The van der Waals surface area contributed by atoms with Gasteiger partial charge in [-0.25, -0.2) is 43.7 Å². The second kappa shape index (κ2) is 13.9. The van der Waals surface area contributed by atoms with Crippen molar-refractivity contribution in [2.75, 3.05) is 0 Å². The standard InChI is InChI=1S/C48H36N9/c1-55-22-16-31(17-23-55)4-7-34-10-13-37-40(28-34)46-49-43(37)53-47-42-30-36(9-6-33-20-26-57(3)27-21-33)12-15-39(42)45(51-47)54-48-41-29-35(11-14-38(41)44(50-48)52-46)8-5-32-18-24-56(2)25-19-32/h4-30H,1-3H3/q+3/b7-4+,8-5+,9-6+,52-44?,52-46?,53-43?,53-47?,54-45?,54-48?. The maximum absolute atomic E-state index is 5.14. The second-order valence-corrected chi connectivity index (χ2v) is 14.4. The van der Waals surface area contributed by atoms with Gasteiger partial charge in [0, 0.05) is 69.8 Å². The zero-order valence-electron chi connectivity index (χ0n) is 31.6. The second-order valence-electron chi connectivity index (χ2n) is 14.4. The molecule has 0 amide bonds. The van der Waals surface area contributed by atoms with Crippen molar-refractivity contribution in [3.63, 3.8) is 0 Å². The van der Waals surface area contributed by atoms with E-state index in [0.717, 1.165) is 66.8 Å². The summed E-state index contributed by atoms with van der Waals surface area (Å²) in [5, 5.41) is 0. The van der Waals surface area contributed by atoms with Gasteiger partial charge in [-0.3, -0.25) is 0 Å². The maximum atomic E-state index is 5.14. The van der Waals surface area contributed by atoms with Crippen molar-refractivity contribution in [3.8, 4) is 0 Å². The van der Waals surface area contributed by atoms with Gasteiger partial charge in [-0.1, -0.05) is 54.7 Å². The molecule has 10 rings (SSSR count). The van der Waals surface area contributed by atoms with E-state index in [0.29, 0.717) is 35.0 Å². The predicted molar refractivity (Wildman–Crippen MR) is 228 cm³/mol. The Morgan fingerprint density at radius 1 is 0.281 bits per heavy atom. The number of aliphatic imine (C=N–C) groups is 6. The SMILES string of the molecule is C[n+]1ccc(/C=C/c2ccc3c(c2)C2=NC4=NC(=NC5=NC(=NC3=N2)c2cc(/C=C/c3cc[n+](C)cc3)ccc25)c2cc(/C=C/c3cc[n+](C)cc3)ccc24)cc1. The summed E-state index contributed by atoms with van der Waals surface area (Å²) >= 11 is 0. The molecular formula is C48H36N9+3. The van der Waals surface area contributed by atoms with Crippen LogP contribution in [0.2, 0.25) is 0 Å². The predicted octanol–water partition coefficient (Wildman–Crippen LogP) is 6.61. The monoisotopic (exact) mass is 738 g/mol. The first-order valence-electron chi connectivity index (χ1n) is 18.8. The highest BCUT2D eigenvalue weighted by molar-refractivity contribution is 6.35. The molecule has 9 heteroatoms. The number of aromatic nitrogens is 3. The molecule has 0 saturated carbocycles. The number of hydrogen-bond donors (Lipinski definition) is 0. The van der Waals surface area contributed by atoms with Gasteiger partial charge in [0.15, 0.2) is 72.2 Å². The van der Waals surface area contributed by atoms with Gasteiger partial charge in [0.2, 0.25) is 0 Å². The molecule has 0 N–H and O–H groups in total. The van der Waals surface area contributed by atoms with E-state index in [4.69, 9.17) is 30.0 Å². The van der Waals surface area contributed by atoms with E-state index < -0.39 is 0 Å². The van der Waals surface area contributed by atoms with Crippen LogP contribution in [0.25, 0.3) is 36.5 Å². The van der Waals surface area contributed by atoms with E-state index in [1.54, 1.807) is 0 Å². The molecule has 0 fully saturated rings.